The van der Waals surface area contributed by atoms with Crippen molar-refractivity contribution in [1.82, 2.24) is 0 Å². The second-order valence-corrected chi connectivity index (χ2v) is 5.16. The Kier molecular flexibility index (Phi) is 3.95. The number of carbonyl (C=O) groups is 2. The number of ether oxygens (including phenoxy) is 2. The molecule has 0 N–H and O–H groups in total. The number of methoxy groups -OCH3 is 1. The van der Waals surface area contributed by atoms with Gasteiger partial charge in [0.1, 0.15) is 6.10 Å². The van der Waals surface area contributed by atoms with Crippen molar-refractivity contribution >= 4 is 12.1 Å². The van der Waals surface area contributed by atoms with E-state index in [1.807, 2.05) is 0 Å². The van der Waals surface area contributed by atoms with Crippen LogP contribution in [0.15, 0.2) is 5.11 Å². The molecule has 3 atom stereocenters. The van der Waals surface area contributed by atoms with Gasteiger partial charge in [0.05, 0.1) is 13.0 Å². The van der Waals surface area contributed by atoms with Gasteiger partial charge in [-0.25, -0.2) is 4.79 Å². The molecule has 7 heteroatoms. The zero-order valence-electron chi connectivity index (χ0n) is 10.9. The summed E-state index contributed by atoms with van der Waals surface area (Å²) in [5.41, 5.74) is 7.90. The van der Waals surface area contributed by atoms with Crippen LogP contribution >= 0.6 is 0 Å². The fourth-order valence-electron chi connectivity index (χ4n) is 3.70. The van der Waals surface area contributed by atoms with Crippen LogP contribution in [0.4, 0.5) is 4.79 Å². The molecule has 0 bridgehead atoms. The molecule has 2 aliphatic carbocycles. The first-order chi connectivity index (χ1) is 9.14. The lowest BCUT2D eigenvalue weighted by molar-refractivity contribution is -0.152. The number of esters is 1. The van der Waals surface area contributed by atoms with E-state index in [2.05, 4.69) is 10.0 Å². The normalized spacial score (nSPS) is 32.9. The molecule has 0 saturated heterocycles. The molecule has 0 aromatic carbocycles. The Bertz CT molecular complexity index is 429. The van der Waals surface area contributed by atoms with Crippen molar-refractivity contribution in [2.45, 2.75) is 44.6 Å². The van der Waals surface area contributed by atoms with Crippen LogP contribution in [0.3, 0.4) is 0 Å². The van der Waals surface area contributed by atoms with Crippen LogP contribution in [0.25, 0.3) is 10.4 Å². The molecule has 0 radical (unpaired) electrons. The van der Waals surface area contributed by atoms with Gasteiger partial charge in [0.15, 0.2) is 0 Å². The largest absolute Gasteiger partial charge is 0.469 e. The van der Waals surface area contributed by atoms with E-state index in [1.165, 1.54) is 7.11 Å². The summed E-state index contributed by atoms with van der Waals surface area (Å²) in [7, 11) is 1.38. The van der Waals surface area contributed by atoms with Crippen LogP contribution in [0.2, 0.25) is 0 Å². The molecule has 104 valence electrons. The van der Waals surface area contributed by atoms with Gasteiger partial charge in [-0.2, -0.15) is 0 Å². The zero-order chi connectivity index (χ0) is 13.9. The molecule has 0 aromatic heterocycles. The maximum Gasteiger partial charge on any atom is 0.397 e. The first-order valence-corrected chi connectivity index (χ1v) is 6.47. The second kappa shape index (κ2) is 5.48. The number of azide groups is 1. The molecule has 0 heterocycles. The predicted octanol–water partition coefficient (Wildman–Crippen LogP) is 2.95. The summed E-state index contributed by atoms with van der Waals surface area (Å²) in [4.78, 5) is 25.6. The van der Waals surface area contributed by atoms with Crippen LogP contribution in [0, 0.1) is 11.3 Å². The number of hydrogen-bond donors (Lipinski definition) is 0. The smallest absolute Gasteiger partial charge is 0.397 e. The number of rotatable bonds is 2. The van der Waals surface area contributed by atoms with Crippen LogP contribution in [-0.4, -0.2) is 25.3 Å². The Morgan fingerprint density at radius 3 is 2.63 bits per heavy atom. The van der Waals surface area contributed by atoms with Crippen LogP contribution in [0.5, 0.6) is 0 Å². The summed E-state index contributed by atoms with van der Waals surface area (Å²) in [5.74, 6) is -0.451. The zero-order valence-corrected chi connectivity index (χ0v) is 10.9. The van der Waals surface area contributed by atoms with Gasteiger partial charge in [-0.15, -0.1) is 0 Å². The standard InChI is InChI=1S/C12H17N3O4/c1-18-10(16)8-4-2-6-12(8)7-3-5-9(12)19-11(17)14-15-13/h8-9H,2-7H2,1H3/t8?,9-,12+/m0/s1. The lowest BCUT2D eigenvalue weighted by Gasteiger charge is -2.34. The highest BCUT2D eigenvalue weighted by Crippen LogP contribution is 2.55. The lowest BCUT2D eigenvalue weighted by atomic mass is 9.74. The van der Waals surface area contributed by atoms with Crippen molar-refractivity contribution < 1.29 is 19.1 Å². The third-order valence-electron chi connectivity index (χ3n) is 4.43. The fraction of sp³-hybridized carbons (Fsp3) is 0.833. The Labute approximate surface area is 110 Å². The minimum absolute atomic E-state index is 0.219. The molecule has 0 aromatic rings. The van der Waals surface area contributed by atoms with Crippen LogP contribution in [-0.2, 0) is 14.3 Å². The van der Waals surface area contributed by atoms with Crippen LogP contribution < -0.4 is 0 Å². The molecule has 19 heavy (non-hydrogen) atoms. The van der Waals surface area contributed by atoms with Crippen molar-refractivity contribution in [3.05, 3.63) is 10.4 Å². The monoisotopic (exact) mass is 267 g/mol. The van der Waals surface area contributed by atoms with E-state index in [0.717, 1.165) is 32.1 Å². The second-order valence-electron chi connectivity index (χ2n) is 5.16. The molecular weight excluding hydrogens is 250 g/mol. The summed E-state index contributed by atoms with van der Waals surface area (Å²) >= 11 is 0. The first kappa shape index (κ1) is 13.7. The third-order valence-corrected chi connectivity index (χ3v) is 4.43. The van der Waals surface area contributed by atoms with Gasteiger partial charge in [0.25, 0.3) is 0 Å². The molecule has 2 saturated carbocycles. The molecule has 2 aliphatic rings. The first-order valence-electron chi connectivity index (χ1n) is 6.47. The Morgan fingerprint density at radius 2 is 2.00 bits per heavy atom. The minimum atomic E-state index is -0.913. The summed E-state index contributed by atoms with van der Waals surface area (Å²) in [5, 5.41) is 2.94. The van der Waals surface area contributed by atoms with Crippen molar-refractivity contribution in [3.8, 4) is 0 Å². The molecule has 0 aliphatic heterocycles. The van der Waals surface area contributed by atoms with Gasteiger partial charge in [0.2, 0.25) is 0 Å². The highest BCUT2D eigenvalue weighted by molar-refractivity contribution is 5.74. The van der Waals surface area contributed by atoms with Crippen molar-refractivity contribution in [2.75, 3.05) is 7.11 Å². The van der Waals surface area contributed by atoms with E-state index in [-0.39, 0.29) is 23.4 Å². The average Bonchev–Trinajstić information content (AvgIpc) is 2.98. The Hall–Kier alpha value is -1.75. The molecule has 2 fully saturated rings. The molecule has 7 nitrogen and oxygen atoms in total. The molecular formula is C12H17N3O4. The topological polar surface area (TPSA) is 101 Å². The highest BCUT2D eigenvalue weighted by Gasteiger charge is 2.55. The van der Waals surface area contributed by atoms with Gasteiger partial charge in [-0.3, -0.25) is 4.79 Å². The van der Waals surface area contributed by atoms with Gasteiger partial charge in [0, 0.05) is 15.4 Å². The van der Waals surface area contributed by atoms with E-state index in [4.69, 9.17) is 15.0 Å². The summed E-state index contributed by atoms with van der Waals surface area (Å²) in [6.07, 6.45) is 3.74. The quantitative estimate of drug-likeness (QED) is 0.332. The fourth-order valence-corrected chi connectivity index (χ4v) is 3.70. The lowest BCUT2D eigenvalue weighted by Crippen LogP contribution is -2.40. The highest BCUT2D eigenvalue weighted by atomic mass is 16.6. The van der Waals surface area contributed by atoms with Crippen molar-refractivity contribution in [1.29, 1.82) is 0 Å². The van der Waals surface area contributed by atoms with Crippen molar-refractivity contribution in [3.63, 3.8) is 0 Å². The minimum Gasteiger partial charge on any atom is -0.469 e. The molecule has 1 unspecified atom stereocenters. The SMILES string of the molecule is COC(=O)C1CCC[C@@]12CCC[C@@H]2OC(=O)N=[N+]=[N-]. The Balaban J connectivity index is 2.18. The molecule has 1 spiro atoms. The third kappa shape index (κ3) is 2.38. The number of nitrogens with zero attached hydrogens (tertiary/aromatic N) is 3. The van der Waals surface area contributed by atoms with Crippen LogP contribution in [0.1, 0.15) is 38.5 Å². The van der Waals surface area contributed by atoms with E-state index in [0.29, 0.717) is 6.42 Å². The van der Waals surface area contributed by atoms with E-state index < -0.39 is 6.09 Å². The van der Waals surface area contributed by atoms with E-state index in [9.17, 15) is 9.59 Å². The maximum atomic E-state index is 11.9. The summed E-state index contributed by atoms with van der Waals surface area (Å²) < 4.78 is 10.1. The molecule has 1 amide bonds. The summed E-state index contributed by atoms with van der Waals surface area (Å²) in [6.45, 7) is 0. The van der Waals surface area contributed by atoms with Gasteiger partial charge in [-0.05, 0) is 37.6 Å². The van der Waals surface area contributed by atoms with E-state index in [1.54, 1.807) is 0 Å². The van der Waals surface area contributed by atoms with Gasteiger partial charge in [-0.1, -0.05) is 6.42 Å². The number of amides is 1. The number of carbonyl (C=O) groups excluding carboxylic acids is 2. The number of hydrogen-bond acceptors (Lipinski definition) is 4. The summed E-state index contributed by atoms with van der Waals surface area (Å²) in [6, 6.07) is 0. The molecule has 2 rings (SSSR count). The van der Waals surface area contributed by atoms with E-state index >= 15 is 0 Å². The van der Waals surface area contributed by atoms with Gasteiger partial charge < -0.3 is 9.47 Å². The average molecular weight is 267 g/mol. The van der Waals surface area contributed by atoms with Gasteiger partial charge >= 0.3 is 12.1 Å². The van der Waals surface area contributed by atoms with Crippen molar-refractivity contribution in [2.24, 2.45) is 16.4 Å². The maximum absolute atomic E-state index is 11.9. The predicted molar refractivity (Wildman–Crippen MR) is 65.1 cm³/mol. The Morgan fingerprint density at radius 1 is 1.32 bits per heavy atom.